The Hall–Kier alpha value is -0.230. The molecule has 0 aliphatic carbocycles. The van der Waals surface area contributed by atoms with Crippen molar-refractivity contribution in [3.05, 3.63) is 28.2 Å². The maximum absolute atomic E-state index is 9.79. The first kappa shape index (κ1) is 12.8. The number of nitrogens with two attached hydrogens (primary N) is 1. The minimum atomic E-state index is -0.894. The van der Waals surface area contributed by atoms with Gasteiger partial charge in [0.2, 0.25) is 0 Å². The summed E-state index contributed by atoms with van der Waals surface area (Å²) >= 11 is 7.27. The summed E-state index contributed by atoms with van der Waals surface area (Å²) < 4.78 is 0.720. The molecule has 3 nitrogen and oxygen atoms in total. The van der Waals surface area contributed by atoms with Crippen molar-refractivity contribution >= 4 is 34.2 Å². The van der Waals surface area contributed by atoms with Gasteiger partial charge in [-0.1, -0.05) is 6.07 Å². The number of hydrogen-bond donors (Lipinski definition) is 4. The maximum atomic E-state index is 9.79. The van der Waals surface area contributed by atoms with Gasteiger partial charge in [-0.25, -0.2) is 0 Å². The molecule has 1 aromatic carbocycles. The van der Waals surface area contributed by atoms with Crippen molar-refractivity contribution in [1.29, 1.82) is 0 Å². The second-order valence-electron chi connectivity index (χ2n) is 3.31. The fourth-order valence-corrected chi connectivity index (χ4v) is 1.90. The van der Waals surface area contributed by atoms with Gasteiger partial charge in [-0.2, -0.15) is 12.6 Å². The highest BCUT2D eigenvalue weighted by Crippen LogP contribution is 2.26. The lowest BCUT2D eigenvalue weighted by atomic mass is 10.0. The minimum Gasteiger partial charge on any atom is -0.398 e. The zero-order valence-electron chi connectivity index (χ0n) is 8.10. The van der Waals surface area contributed by atoms with Crippen molar-refractivity contribution in [2.45, 2.75) is 18.6 Å². The maximum Gasteiger partial charge on any atom is 0.105 e. The molecular formula is C10H14BrNO2S. The molecule has 0 saturated heterocycles. The summed E-state index contributed by atoms with van der Waals surface area (Å²) in [6.45, 7) is 0. The van der Waals surface area contributed by atoms with Crippen LogP contribution in [0.4, 0.5) is 5.69 Å². The van der Waals surface area contributed by atoms with Crippen LogP contribution in [0.3, 0.4) is 0 Å². The van der Waals surface area contributed by atoms with Gasteiger partial charge in [0.25, 0.3) is 0 Å². The molecule has 1 aromatic rings. The molecule has 0 aromatic heterocycles. The van der Waals surface area contributed by atoms with E-state index < -0.39 is 12.2 Å². The lowest BCUT2D eigenvalue weighted by molar-refractivity contribution is 0.0172. The van der Waals surface area contributed by atoms with E-state index in [0.29, 0.717) is 23.4 Å². The Labute approximate surface area is 103 Å². The van der Waals surface area contributed by atoms with Gasteiger partial charge in [-0.15, -0.1) is 0 Å². The fraction of sp³-hybridized carbons (Fsp3) is 0.400. The van der Waals surface area contributed by atoms with E-state index >= 15 is 0 Å². The Bertz CT molecular complexity index is 335. The molecule has 1 rings (SSSR count). The average molecular weight is 292 g/mol. The highest BCUT2D eigenvalue weighted by atomic mass is 79.9. The normalized spacial score (nSPS) is 14.9. The number of nitrogen functional groups attached to an aromatic ring is 1. The van der Waals surface area contributed by atoms with E-state index in [4.69, 9.17) is 5.73 Å². The molecule has 15 heavy (non-hydrogen) atoms. The zero-order chi connectivity index (χ0) is 11.4. The largest absolute Gasteiger partial charge is 0.398 e. The summed E-state index contributed by atoms with van der Waals surface area (Å²) in [6.07, 6.45) is -1.24. The van der Waals surface area contributed by atoms with Crippen LogP contribution in [-0.2, 0) is 0 Å². The third-order valence-corrected chi connectivity index (χ3v) is 3.10. The summed E-state index contributed by atoms with van der Waals surface area (Å²) in [6, 6.07) is 5.10. The second-order valence-corrected chi connectivity index (χ2v) is 4.61. The average Bonchev–Trinajstić information content (AvgIpc) is 2.21. The minimum absolute atomic E-state index is 0.451. The molecule has 0 radical (unpaired) electrons. The number of rotatable bonds is 4. The Morgan fingerprint density at radius 2 is 2.07 bits per heavy atom. The molecule has 0 spiro atoms. The van der Waals surface area contributed by atoms with E-state index in [-0.39, 0.29) is 0 Å². The number of hydrogen-bond acceptors (Lipinski definition) is 4. The smallest absolute Gasteiger partial charge is 0.105 e. The molecule has 0 heterocycles. The number of aliphatic hydroxyl groups excluding tert-OH is 2. The molecule has 4 N–H and O–H groups in total. The van der Waals surface area contributed by atoms with Crippen LogP contribution >= 0.6 is 28.6 Å². The van der Waals surface area contributed by atoms with Crippen LogP contribution in [0.1, 0.15) is 18.1 Å². The van der Waals surface area contributed by atoms with Crippen LogP contribution in [0.25, 0.3) is 0 Å². The van der Waals surface area contributed by atoms with Gasteiger partial charge in [0.15, 0.2) is 0 Å². The summed E-state index contributed by atoms with van der Waals surface area (Å²) in [4.78, 5) is 0. The summed E-state index contributed by atoms with van der Waals surface area (Å²) in [5.41, 5.74) is 6.87. The Balaban J connectivity index is 2.81. The lowest BCUT2D eigenvalue weighted by Gasteiger charge is -2.17. The van der Waals surface area contributed by atoms with Gasteiger partial charge in [-0.05, 0) is 45.8 Å². The topological polar surface area (TPSA) is 66.5 Å². The van der Waals surface area contributed by atoms with Crippen molar-refractivity contribution in [3.63, 3.8) is 0 Å². The number of thiol groups is 1. The number of halogens is 1. The van der Waals surface area contributed by atoms with Gasteiger partial charge in [-0.3, -0.25) is 0 Å². The first-order valence-corrected chi connectivity index (χ1v) is 6.00. The van der Waals surface area contributed by atoms with Gasteiger partial charge < -0.3 is 15.9 Å². The van der Waals surface area contributed by atoms with E-state index in [1.165, 1.54) is 0 Å². The van der Waals surface area contributed by atoms with E-state index in [2.05, 4.69) is 28.6 Å². The lowest BCUT2D eigenvalue weighted by Crippen LogP contribution is -2.18. The van der Waals surface area contributed by atoms with E-state index in [1.54, 1.807) is 18.2 Å². The molecule has 0 saturated carbocycles. The summed E-state index contributed by atoms with van der Waals surface area (Å²) in [5, 5.41) is 19.4. The van der Waals surface area contributed by atoms with E-state index in [0.717, 1.165) is 4.47 Å². The van der Waals surface area contributed by atoms with E-state index in [1.807, 2.05) is 0 Å². The summed E-state index contributed by atoms with van der Waals surface area (Å²) in [5.74, 6) is 0.536. The number of anilines is 1. The number of benzene rings is 1. The molecule has 0 fully saturated rings. The molecule has 84 valence electrons. The predicted molar refractivity (Wildman–Crippen MR) is 68.0 cm³/mol. The quantitative estimate of drug-likeness (QED) is 0.505. The molecule has 0 aliphatic heterocycles. The fourth-order valence-electron chi connectivity index (χ4n) is 1.24. The first-order chi connectivity index (χ1) is 7.06. The van der Waals surface area contributed by atoms with Crippen molar-refractivity contribution in [2.75, 3.05) is 11.5 Å². The van der Waals surface area contributed by atoms with Crippen LogP contribution < -0.4 is 5.73 Å². The second kappa shape index (κ2) is 5.75. The van der Waals surface area contributed by atoms with Crippen molar-refractivity contribution in [1.82, 2.24) is 0 Å². The van der Waals surface area contributed by atoms with Crippen molar-refractivity contribution in [3.8, 4) is 0 Å². The third-order valence-electron chi connectivity index (χ3n) is 2.16. The first-order valence-electron chi connectivity index (χ1n) is 4.58. The molecule has 0 aliphatic rings. The van der Waals surface area contributed by atoms with Crippen molar-refractivity contribution < 1.29 is 10.2 Å². The van der Waals surface area contributed by atoms with Gasteiger partial charge in [0, 0.05) is 10.2 Å². The highest BCUT2D eigenvalue weighted by molar-refractivity contribution is 9.10. The van der Waals surface area contributed by atoms with Crippen LogP contribution in [-0.4, -0.2) is 22.1 Å². The monoisotopic (exact) mass is 291 g/mol. The SMILES string of the molecule is Nc1ccc(C(O)C(O)CCS)cc1Br. The Morgan fingerprint density at radius 1 is 1.40 bits per heavy atom. The van der Waals surface area contributed by atoms with Gasteiger partial charge in [0.05, 0.1) is 6.10 Å². The highest BCUT2D eigenvalue weighted by Gasteiger charge is 2.17. The van der Waals surface area contributed by atoms with Gasteiger partial charge >= 0.3 is 0 Å². The van der Waals surface area contributed by atoms with Crippen LogP contribution in [0, 0.1) is 0 Å². The molecular weight excluding hydrogens is 278 g/mol. The standard InChI is InChI=1S/C10H14BrNO2S/c11-7-5-6(1-2-8(7)12)10(14)9(13)3-4-15/h1-2,5,9-10,13-15H,3-4,12H2. The van der Waals surface area contributed by atoms with Gasteiger partial charge in [0.1, 0.15) is 6.10 Å². The van der Waals surface area contributed by atoms with Crippen LogP contribution in [0.2, 0.25) is 0 Å². The molecule has 5 heteroatoms. The van der Waals surface area contributed by atoms with E-state index in [9.17, 15) is 10.2 Å². The molecule has 0 bridgehead atoms. The molecule has 0 amide bonds. The predicted octanol–water partition coefficient (Wildman–Crippen LogP) is 1.75. The number of aliphatic hydroxyl groups is 2. The third kappa shape index (κ3) is 3.38. The molecule has 2 atom stereocenters. The Kier molecular flexibility index (Phi) is 4.92. The van der Waals surface area contributed by atoms with Crippen LogP contribution in [0.5, 0.6) is 0 Å². The Morgan fingerprint density at radius 3 is 2.60 bits per heavy atom. The zero-order valence-corrected chi connectivity index (χ0v) is 10.6. The van der Waals surface area contributed by atoms with Crippen molar-refractivity contribution in [2.24, 2.45) is 0 Å². The van der Waals surface area contributed by atoms with Crippen LogP contribution in [0.15, 0.2) is 22.7 Å². The molecule has 2 unspecified atom stereocenters. The summed E-state index contributed by atoms with van der Waals surface area (Å²) in [7, 11) is 0.